The normalized spacial score (nSPS) is 15.0. The lowest BCUT2D eigenvalue weighted by Gasteiger charge is -2.21. The van der Waals surface area contributed by atoms with Crippen LogP contribution in [0.15, 0.2) is 28.7 Å². The van der Waals surface area contributed by atoms with Gasteiger partial charge in [0.05, 0.1) is 0 Å². The van der Waals surface area contributed by atoms with Crippen LogP contribution < -0.4 is 4.90 Å². The van der Waals surface area contributed by atoms with Crippen LogP contribution in [0.3, 0.4) is 0 Å². The van der Waals surface area contributed by atoms with Gasteiger partial charge in [0.1, 0.15) is 11.1 Å². The van der Waals surface area contributed by atoms with Gasteiger partial charge in [-0.15, -0.1) is 0 Å². The Balaban J connectivity index is 0.000000706. The molecule has 1 aromatic carbocycles. The predicted octanol–water partition coefficient (Wildman–Crippen LogP) is 4.33. The molecule has 1 aliphatic rings. The van der Waals surface area contributed by atoms with Crippen LogP contribution in [0.2, 0.25) is 0 Å². The minimum Gasteiger partial charge on any atom is -0.483 e. The second kappa shape index (κ2) is 7.21. The second-order valence-electron chi connectivity index (χ2n) is 6.02. The maximum absolute atomic E-state index is 13.9. The molecule has 150 valence electrons. The summed E-state index contributed by atoms with van der Waals surface area (Å²) in [6.07, 6.45) is -4.17. The van der Waals surface area contributed by atoms with Crippen LogP contribution in [-0.2, 0) is 10.7 Å². The lowest BCUT2D eigenvalue weighted by Crippen LogP contribution is -2.36. The third-order valence-corrected chi connectivity index (χ3v) is 4.24. The van der Waals surface area contributed by atoms with Crippen LogP contribution in [0.25, 0.3) is 22.1 Å². The highest BCUT2D eigenvalue weighted by atomic mass is 19.4. The zero-order valence-electron chi connectivity index (χ0n) is 14.2. The second-order valence-corrected chi connectivity index (χ2v) is 6.02. The molecule has 0 spiro atoms. The number of fused-ring (bicyclic) bond motifs is 3. The first kappa shape index (κ1) is 19.8. The number of carbonyl (C=O) groups is 1. The molecule has 0 aliphatic carbocycles. The van der Waals surface area contributed by atoms with Crippen LogP contribution in [0, 0.1) is 0 Å². The quantitative estimate of drug-likeness (QED) is 0.507. The summed E-state index contributed by atoms with van der Waals surface area (Å²) in [6.45, 7) is 0.778. The summed E-state index contributed by atoms with van der Waals surface area (Å²) in [6, 6.07) is 6.49. The van der Waals surface area contributed by atoms with Gasteiger partial charge in [0.2, 0.25) is 5.82 Å². The molecule has 1 fully saturated rings. The van der Waals surface area contributed by atoms with Gasteiger partial charge in [-0.2, -0.15) is 22.0 Å². The van der Waals surface area contributed by atoms with Gasteiger partial charge < -0.3 is 14.4 Å². The molecule has 0 saturated carbocycles. The summed E-state index contributed by atoms with van der Waals surface area (Å²) in [7, 11) is 0. The third kappa shape index (κ3) is 3.32. The molecule has 28 heavy (non-hydrogen) atoms. The maximum atomic E-state index is 13.9. The van der Waals surface area contributed by atoms with Crippen molar-refractivity contribution in [3.8, 4) is 0 Å². The van der Waals surface area contributed by atoms with Gasteiger partial charge in [-0.3, -0.25) is 4.79 Å². The van der Waals surface area contributed by atoms with Crippen molar-refractivity contribution in [1.29, 1.82) is 0 Å². The zero-order valence-corrected chi connectivity index (χ0v) is 14.2. The molecule has 3 heterocycles. The molecule has 1 saturated heterocycles. The fourth-order valence-electron chi connectivity index (χ4n) is 2.99. The molecule has 0 amide bonds. The Hall–Kier alpha value is -2.98. The SMILES string of the molecule is FC(F)(F)C(F)(F)c1nc(N2CCCC2)c2oc3ccccc3c2n1.O=CO. The average Bonchev–Trinajstić information content (AvgIpc) is 3.28. The number of hydrogen-bond donors (Lipinski definition) is 1. The van der Waals surface area contributed by atoms with E-state index in [4.69, 9.17) is 14.3 Å². The lowest BCUT2D eigenvalue weighted by atomic mass is 10.2. The lowest BCUT2D eigenvalue weighted by molar-refractivity contribution is -0.292. The fraction of sp³-hybridized carbons (Fsp3) is 0.353. The Morgan fingerprint density at radius 2 is 1.68 bits per heavy atom. The monoisotopic (exact) mass is 403 g/mol. The van der Waals surface area contributed by atoms with Crippen molar-refractivity contribution in [3.05, 3.63) is 30.1 Å². The number of benzene rings is 1. The molecule has 4 rings (SSSR count). The molecule has 0 radical (unpaired) electrons. The average molecular weight is 403 g/mol. The van der Waals surface area contributed by atoms with E-state index in [1.807, 2.05) is 0 Å². The Bertz CT molecular complexity index is 997. The first-order valence-electron chi connectivity index (χ1n) is 8.17. The Morgan fingerprint density at radius 1 is 1.07 bits per heavy atom. The van der Waals surface area contributed by atoms with Gasteiger partial charge in [0, 0.05) is 18.5 Å². The van der Waals surface area contributed by atoms with Crippen molar-refractivity contribution < 1.29 is 36.3 Å². The number of carboxylic acid groups (broad SMARTS) is 1. The smallest absolute Gasteiger partial charge is 0.461 e. The number of halogens is 5. The van der Waals surface area contributed by atoms with Gasteiger partial charge >= 0.3 is 12.1 Å². The third-order valence-electron chi connectivity index (χ3n) is 4.24. The highest BCUT2D eigenvalue weighted by Crippen LogP contribution is 2.44. The van der Waals surface area contributed by atoms with Gasteiger partial charge in [-0.1, -0.05) is 12.1 Å². The Morgan fingerprint density at radius 3 is 2.29 bits per heavy atom. The molecule has 11 heteroatoms. The number of rotatable bonds is 2. The van der Waals surface area contributed by atoms with Crippen LogP contribution in [0.4, 0.5) is 27.8 Å². The summed E-state index contributed by atoms with van der Waals surface area (Å²) in [5.41, 5.74) is 0.455. The van der Waals surface area contributed by atoms with E-state index < -0.39 is 17.9 Å². The molecular weight excluding hydrogens is 389 g/mol. The van der Waals surface area contributed by atoms with Crippen molar-refractivity contribution in [2.24, 2.45) is 0 Å². The number of furan rings is 1. The first-order chi connectivity index (χ1) is 13.2. The van der Waals surface area contributed by atoms with E-state index in [0.29, 0.717) is 24.1 Å². The summed E-state index contributed by atoms with van der Waals surface area (Å²) < 4.78 is 71.8. The predicted molar refractivity (Wildman–Crippen MR) is 89.4 cm³/mol. The molecule has 2 aromatic heterocycles. The van der Waals surface area contributed by atoms with E-state index in [0.717, 1.165) is 12.8 Å². The molecule has 6 nitrogen and oxygen atoms in total. The topological polar surface area (TPSA) is 79.5 Å². The minimum atomic E-state index is -5.78. The summed E-state index contributed by atoms with van der Waals surface area (Å²) >= 11 is 0. The first-order valence-corrected chi connectivity index (χ1v) is 8.17. The molecule has 3 aromatic rings. The summed E-state index contributed by atoms with van der Waals surface area (Å²) in [5.74, 6) is -6.72. The number of aromatic nitrogens is 2. The van der Waals surface area contributed by atoms with Crippen LogP contribution >= 0.6 is 0 Å². The maximum Gasteiger partial charge on any atom is 0.461 e. The molecule has 0 atom stereocenters. The molecule has 0 bridgehead atoms. The van der Waals surface area contributed by atoms with Crippen LogP contribution in [0.5, 0.6) is 0 Å². The molecule has 1 N–H and O–H groups in total. The number of anilines is 1. The van der Waals surface area contributed by atoms with E-state index >= 15 is 0 Å². The fourth-order valence-corrected chi connectivity index (χ4v) is 2.99. The van der Waals surface area contributed by atoms with Gasteiger partial charge in [0.25, 0.3) is 6.47 Å². The molecule has 1 aliphatic heterocycles. The largest absolute Gasteiger partial charge is 0.483 e. The number of para-hydroxylation sites is 1. The van der Waals surface area contributed by atoms with Gasteiger partial charge in [0.15, 0.2) is 11.4 Å². The van der Waals surface area contributed by atoms with Crippen molar-refractivity contribution in [2.75, 3.05) is 18.0 Å². The van der Waals surface area contributed by atoms with Crippen molar-refractivity contribution in [2.45, 2.75) is 24.9 Å². The van der Waals surface area contributed by atoms with E-state index in [-0.39, 0.29) is 23.4 Å². The summed E-state index contributed by atoms with van der Waals surface area (Å²) in [4.78, 5) is 17.1. The van der Waals surface area contributed by atoms with Gasteiger partial charge in [-0.05, 0) is 25.0 Å². The van der Waals surface area contributed by atoms with E-state index in [1.165, 1.54) is 0 Å². The summed E-state index contributed by atoms with van der Waals surface area (Å²) in [5, 5.41) is 7.26. The van der Waals surface area contributed by atoms with Crippen molar-refractivity contribution in [1.82, 2.24) is 9.97 Å². The van der Waals surface area contributed by atoms with Crippen LogP contribution in [0.1, 0.15) is 18.7 Å². The minimum absolute atomic E-state index is 0.0161. The van der Waals surface area contributed by atoms with Crippen LogP contribution in [-0.4, -0.2) is 40.8 Å². The Labute approximate surface area is 154 Å². The van der Waals surface area contributed by atoms with Crippen molar-refractivity contribution >= 4 is 34.4 Å². The number of hydrogen-bond acceptors (Lipinski definition) is 5. The number of nitrogens with zero attached hydrogens (tertiary/aromatic N) is 3. The Kier molecular flexibility index (Phi) is 5.09. The van der Waals surface area contributed by atoms with Crippen molar-refractivity contribution in [3.63, 3.8) is 0 Å². The molecular formula is C17H14F5N3O3. The highest BCUT2D eigenvalue weighted by molar-refractivity contribution is 6.05. The van der Waals surface area contributed by atoms with E-state index in [2.05, 4.69) is 9.97 Å². The van der Waals surface area contributed by atoms with E-state index in [1.54, 1.807) is 29.2 Å². The highest BCUT2D eigenvalue weighted by Gasteiger charge is 2.61. The molecule has 0 unspecified atom stereocenters. The van der Waals surface area contributed by atoms with Gasteiger partial charge in [-0.25, -0.2) is 9.97 Å². The number of alkyl halides is 5. The van der Waals surface area contributed by atoms with E-state index in [9.17, 15) is 22.0 Å². The standard InChI is InChI=1S/C16H12F5N3O.CH2O2/c17-15(18,16(19,20)21)14-22-11-9-5-1-2-6-10(9)25-12(11)13(23-14)24-7-3-4-8-24;2-1-3/h1-2,5-6H,3-4,7-8H2;1H,(H,2,3). The zero-order chi connectivity index (χ0) is 20.5.